The lowest BCUT2D eigenvalue weighted by Gasteiger charge is -2.31. The van der Waals surface area contributed by atoms with E-state index in [4.69, 9.17) is 0 Å². The summed E-state index contributed by atoms with van der Waals surface area (Å²) in [6.45, 7) is 3.63. The highest BCUT2D eigenvalue weighted by atomic mass is 19.2. The van der Waals surface area contributed by atoms with Gasteiger partial charge in [-0.3, -0.25) is 9.69 Å². The molecular formula is C14H17F2NO. The van der Waals surface area contributed by atoms with Gasteiger partial charge in [-0.1, -0.05) is 6.42 Å². The fraction of sp³-hybridized carbons (Fsp3) is 0.500. The van der Waals surface area contributed by atoms with Crippen molar-refractivity contribution in [3.05, 3.63) is 35.4 Å². The molecule has 0 aliphatic carbocycles. The molecule has 1 saturated heterocycles. The predicted octanol–water partition coefficient (Wildman–Crippen LogP) is 3.02. The molecule has 1 unspecified atom stereocenters. The average Bonchev–Trinajstić information content (AvgIpc) is 2.41. The van der Waals surface area contributed by atoms with E-state index in [0.29, 0.717) is 0 Å². The molecule has 0 spiro atoms. The first-order chi connectivity index (χ1) is 8.59. The maximum Gasteiger partial charge on any atom is 0.179 e. The predicted molar refractivity (Wildman–Crippen MR) is 65.6 cm³/mol. The molecule has 0 N–H and O–H groups in total. The van der Waals surface area contributed by atoms with Crippen molar-refractivity contribution in [3.63, 3.8) is 0 Å². The number of ketones is 1. The molecule has 2 rings (SSSR count). The summed E-state index contributed by atoms with van der Waals surface area (Å²) in [5.41, 5.74) is 0.243. The number of Topliss-reactive ketones (excluding diaryl/α,β-unsaturated/α-hetero) is 1. The number of likely N-dealkylation sites (tertiary alicyclic amines) is 1. The zero-order valence-electron chi connectivity index (χ0n) is 10.5. The van der Waals surface area contributed by atoms with Crippen molar-refractivity contribution < 1.29 is 13.6 Å². The largest absolute Gasteiger partial charge is 0.294 e. The average molecular weight is 253 g/mol. The topological polar surface area (TPSA) is 20.3 Å². The van der Waals surface area contributed by atoms with Crippen LogP contribution in [0.5, 0.6) is 0 Å². The number of halogens is 2. The molecule has 1 aliphatic rings. The van der Waals surface area contributed by atoms with E-state index >= 15 is 0 Å². The summed E-state index contributed by atoms with van der Waals surface area (Å²) in [7, 11) is 0. The highest BCUT2D eigenvalue weighted by Crippen LogP contribution is 2.17. The van der Waals surface area contributed by atoms with Crippen molar-refractivity contribution in [2.24, 2.45) is 0 Å². The molecule has 0 bridgehead atoms. The van der Waals surface area contributed by atoms with Gasteiger partial charge in [0.1, 0.15) is 0 Å². The number of hydrogen-bond donors (Lipinski definition) is 0. The monoisotopic (exact) mass is 253 g/mol. The SMILES string of the molecule is CC(C(=O)c1ccc(F)c(F)c1)N1CCCCC1. The van der Waals surface area contributed by atoms with Crippen LogP contribution in [-0.4, -0.2) is 29.8 Å². The van der Waals surface area contributed by atoms with E-state index in [-0.39, 0.29) is 17.4 Å². The van der Waals surface area contributed by atoms with Gasteiger partial charge in [-0.25, -0.2) is 8.78 Å². The Hall–Kier alpha value is -1.29. The van der Waals surface area contributed by atoms with Crippen LogP contribution in [0.4, 0.5) is 8.78 Å². The number of hydrogen-bond acceptors (Lipinski definition) is 2. The van der Waals surface area contributed by atoms with Gasteiger partial charge in [0.05, 0.1) is 6.04 Å². The first-order valence-corrected chi connectivity index (χ1v) is 6.33. The minimum absolute atomic E-state index is 0.143. The zero-order chi connectivity index (χ0) is 13.1. The van der Waals surface area contributed by atoms with Crippen molar-refractivity contribution in [2.75, 3.05) is 13.1 Å². The number of benzene rings is 1. The number of carbonyl (C=O) groups excluding carboxylic acids is 1. The Labute approximate surface area is 106 Å². The van der Waals surface area contributed by atoms with Gasteiger partial charge in [0.15, 0.2) is 17.4 Å². The maximum atomic E-state index is 13.1. The summed E-state index contributed by atoms with van der Waals surface area (Å²) in [6.07, 6.45) is 3.38. The Morgan fingerprint density at radius 1 is 1.17 bits per heavy atom. The van der Waals surface area contributed by atoms with Gasteiger partial charge < -0.3 is 0 Å². The molecule has 0 aromatic heterocycles. The molecule has 1 aliphatic heterocycles. The summed E-state index contributed by atoms with van der Waals surface area (Å²) in [5, 5.41) is 0. The molecule has 1 aromatic rings. The second-order valence-corrected chi connectivity index (χ2v) is 4.77. The lowest BCUT2D eigenvalue weighted by atomic mass is 10.0. The summed E-state index contributed by atoms with van der Waals surface area (Å²) >= 11 is 0. The summed E-state index contributed by atoms with van der Waals surface area (Å²) in [5.74, 6) is -2.03. The van der Waals surface area contributed by atoms with E-state index < -0.39 is 11.6 Å². The van der Waals surface area contributed by atoms with E-state index in [2.05, 4.69) is 4.90 Å². The van der Waals surface area contributed by atoms with Crippen LogP contribution >= 0.6 is 0 Å². The summed E-state index contributed by atoms with van der Waals surface area (Å²) in [4.78, 5) is 14.3. The molecule has 1 fully saturated rings. The molecule has 0 saturated carbocycles. The molecule has 4 heteroatoms. The molecule has 1 heterocycles. The molecule has 1 atom stereocenters. The van der Waals surface area contributed by atoms with Crippen molar-refractivity contribution in [3.8, 4) is 0 Å². The highest BCUT2D eigenvalue weighted by Gasteiger charge is 2.24. The molecule has 0 radical (unpaired) electrons. The van der Waals surface area contributed by atoms with E-state index in [9.17, 15) is 13.6 Å². The third kappa shape index (κ3) is 2.75. The minimum atomic E-state index is -0.966. The Bertz CT molecular complexity index is 441. The van der Waals surface area contributed by atoms with Crippen LogP contribution in [0, 0.1) is 11.6 Å². The number of nitrogens with zero attached hydrogens (tertiary/aromatic N) is 1. The van der Waals surface area contributed by atoms with Gasteiger partial charge in [-0.2, -0.15) is 0 Å². The van der Waals surface area contributed by atoms with Gasteiger partial charge in [-0.15, -0.1) is 0 Å². The Kier molecular flexibility index (Phi) is 4.07. The second-order valence-electron chi connectivity index (χ2n) is 4.77. The van der Waals surface area contributed by atoms with Crippen LogP contribution in [0.2, 0.25) is 0 Å². The smallest absolute Gasteiger partial charge is 0.179 e. The maximum absolute atomic E-state index is 13.1. The van der Waals surface area contributed by atoms with Crippen LogP contribution in [0.1, 0.15) is 36.5 Å². The lowest BCUT2D eigenvalue weighted by Crippen LogP contribution is -2.42. The van der Waals surface area contributed by atoms with E-state index in [1.54, 1.807) is 0 Å². The van der Waals surface area contributed by atoms with Crippen LogP contribution in [0.25, 0.3) is 0 Å². The van der Waals surface area contributed by atoms with Crippen LogP contribution in [0.3, 0.4) is 0 Å². The van der Waals surface area contributed by atoms with Gasteiger partial charge in [-0.05, 0) is 51.1 Å². The second kappa shape index (κ2) is 5.57. The van der Waals surface area contributed by atoms with Crippen LogP contribution < -0.4 is 0 Å². The molecule has 1 aromatic carbocycles. The van der Waals surface area contributed by atoms with Crippen molar-refractivity contribution >= 4 is 5.78 Å². The normalized spacial score (nSPS) is 18.6. The fourth-order valence-electron chi connectivity index (χ4n) is 2.36. The van der Waals surface area contributed by atoms with Gasteiger partial charge in [0.25, 0.3) is 0 Å². The Morgan fingerprint density at radius 2 is 1.83 bits per heavy atom. The number of piperidine rings is 1. The van der Waals surface area contributed by atoms with Crippen molar-refractivity contribution in [1.29, 1.82) is 0 Å². The summed E-state index contributed by atoms with van der Waals surface area (Å²) < 4.78 is 25.9. The van der Waals surface area contributed by atoms with E-state index in [1.807, 2.05) is 6.92 Å². The van der Waals surface area contributed by atoms with E-state index in [1.165, 1.54) is 12.5 Å². The van der Waals surface area contributed by atoms with Crippen LogP contribution in [-0.2, 0) is 0 Å². The first-order valence-electron chi connectivity index (χ1n) is 6.33. The quantitative estimate of drug-likeness (QED) is 0.772. The van der Waals surface area contributed by atoms with Crippen molar-refractivity contribution in [2.45, 2.75) is 32.2 Å². The number of carbonyl (C=O) groups is 1. The van der Waals surface area contributed by atoms with Gasteiger partial charge >= 0.3 is 0 Å². The summed E-state index contributed by atoms with van der Waals surface area (Å²) in [6, 6.07) is 3.07. The highest BCUT2D eigenvalue weighted by molar-refractivity contribution is 5.99. The minimum Gasteiger partial charge on any atom is -0.294 e. The molecule has 98 valence electrons. The zero-order valence-corrected chi connectivity index (χ0v) is 10.5. The van der Waals surface area contributed by atoms with E-state index in [0.717, 1.165) is 38.1 Å². The molecule has 18 heavy (non-hydrogen) atoms. The third-order valence-corrected chi connectivity index (χ3v) is 3.52. The Balaban J connectivity index is 2.11. The van der Waals surface area contributed by atoms with Crippen molar-refractivity contribution in [1.82, 2.24) is 4.90 Å². The third-order valence-electron chi connectivity index (χ3n) is 3.52. The molecular weight excluding hydrogens is 236 g/mol. The molecule has 2 nitrogen and oxygen atoms in total. The number of rotatable bonds is 3. The van der Waals surface area contributed by atoms with Gasteiger partial charge in [0.2, 0.25) is 0 Å². The first kappa shape index (κ1) is 13.1. The van der Waals surface area contributed by atoms with Crippen LogP contribution in [0.15, 0.2) is 18.2 Å². The standard InChI is InChI=1S/C14H17F2NO/c1-10(17-7-3-2-4-8-17)14(18)11-5-6-12(15)13(16)9-11/h5-6,9-10H,2-4,7-8H2,1H3. The fourth-order valence-corrected chi connectivity index (χ4v) is 2.36. The molecule has 0 amide bonds. The Morgan fingerprint density at radius 3 is 2.44 bits per heavy atom. The lowest BCUT2D eigenvalue weighted by molar-refractivity contribution is 0.0808. The van der Waals surface area contributed by atoms with Gasteiger partial charge in [0, 0.05) is 5.56 Å².